The van der Waals surface area contributed by atoms with Gasteiger partial charge in [0.25, 0.3) is 5.56 Å². The minimum atomic E-state index is -0.273. The maximum absolute atomic E-state index is 10.9. The van der Waals surface area contributed by atoms with Crippen LogP contribution in [-0.2, 0) is 0 Å². The SMILES string of the molecule is Cc1nnc(NCCO)[nH]c1=O. The van der Waals surface area contributed by atoms with E-state index in [1.807, 2.05) is 0 Å². The normalized spacial score (nSPS) is 9.83. The van der Waals surface area contributed by atoms with Crippen molar-refractivity contribution in [1.82, 2.24) is 15.2 Å². The molecule has 1 aromatic heterocycles. The Hall–Kier alpha value is -1.43. The maximum atomic E-state index is 10.9. The summed E-state index contributed by atoms with van der Waals surface area (Å²) in [4.78, 5) is 13.4. The van der Waals surface area contributed by atoms with Crippen LogP contribution in [0.5, 0.6) is 0 Å². The molecule has 0 saturated heterocycles. The molecule has 66 valence electrons. The fraction of sp³-hybridized carbons (Fsp3) is 0.500. The standard InChI is InChI=1S/C6H10N4O2/c1-4-5(12)8-6(10-9-4)7-2-3-11/h11H,2-3H2,1H3,(H2,7,8,10,12). The monoisotopic (exact) mass is 170 g/mol. The highest BCUT2D eigenvalue weighted by atomic mass is 16.3. The van der Waals surface area contributed by atoms with Gasteiger partial charge in [-0.1, -0.05) is 0 Å². The number of aliphatic hydroxyl groups is 1. The number of H-pyrrole nitrogens is 1. The van der Waals surface area contributed by atoms with Crippen LogP contribution in [0.3, 0.4) is 0 Å². The van der Waals surface area contributed by atoms with E-state index in [1.54, 1.807) is 6.92 Å². The minimum Gasteiger partial charge on any atom is -0.395 e. The number of anilines is 1. The molecule has 3 N–H and O–H groups in total. The molecule has 1 rings (SSSR count). The molecule has 0 aliphatic carbocycles. The number of aromatic nitrogens is 3. The average Bonchev–Trinajstić information content (AvgIpc) is 2.07. The molecular formula is C6H10N4O2. The quantitative estimate of drug-likeness (QED) is 0.534. The number of hydrogen-bond donors (Lipinski definition) is 3. The van der Waals surface area contributed by atoms with Gasteiger partial charge in [0.1, 0.15) is 5.69 Å². The van der Waals surface area contributed by atoms with Crippen LogP contribution in [0, 0.1) is 6.92 Å². The number of nitrogens with one attached hydrogen (secondary N) is 2. The van der Waals surface area contributed by atoms with Gasteiger partial charge in [0.2, 0.25) is 5.95 Å². The number of aliphatic hydroxyl groups excluding tert-OH is 1. The van der Waals surface area contributed by atoms with Crippen LogP contribution in [0.4, 0.5) is 5.95 Å². The van der Waals surface area contributed by atoms with Gasteiger partial charge >= 0.3 is 0 Å². The van der Waals surface area contributed by atoms with Gasteiger partial charge in [-0.3, -0.25) is 9.78 Å². The van der Waals surface area contributed by atoms with Gasteiger partial charge in [0.05, 0.1) is 6.61 Å². The van der Waals surface area contributed by atoms with E-state index in [0.717, 1.165) is 0 Å². The minimum absolute atomic E-state index is 0.0163. The molecule has 1 aromatic rings. The first-order valence-corrected chi connectivity index (χ1v) is 3.52. The fourth-order valence-corrected chi connectivity index (χ4v) is 0.647. The van der Waals surface area contributed by atoms with Crippen molar-refractivity contribution in [3.05, 3.63) is 16.0 Å². The second-order valence-corrected chi connectivity index (χ2v) is 2.24. The van der Waals surface area contributed by atoms with Crippen molar-refractivity contribution >= 4 is 5.95 Å². The Morgan fingerprint density at radius 2 is 2.33 bits per heavy atom. The largest absolute Gasteiger partial charge is 0.395 e. The molecule has 0 fully saturated rings. The molecule has 0 amide bonds. The maximum Gasteiger partial charge on any atom is 0.273 e. The van der Waals surface area contributed by atoms with Crippen molar-refractivity contribution in [2.24, 2.45) is 0 Å². The van der Waals surface area contributed by atoms with E-state index in [-0.39, 0.29) is 18.1 Å². The number of hydrogen-bond acceptors (Lipinski definition) is 5. The molecule has 0 aliphatic heterocycles. The fourth-order valence-electron chi connectivity index (χ4n) is 0.647. The second kappa shape index (κ2) is 3.82. The zero-order valence-corrected chi connectivity index (χ0v) is 6.66. The number of rotatable bonds is 3. The molecule has 0 radical (unpaired) electrons. The summed E-state index contributed by atoms with van der Waals surface area (Å²) in [6.07, 6.45) is 0. The van der Waals surface area contributed by atoms with E-state index < -0.39 is 0 Å². The average molecular weight is 170 g/mol. The first-order chi connectivity index (χ1) is 5.74. The summed E-state index contributed by atoms with van der Waals surface area (Å²) in [5.41, 5.74) is 0.0509. The summed E-state index contributed by atoms with van der Waals surface area (Å²) in [5, 5.41) is 18.4. The van der Waals surface area contributed by atoms with Crippen molar-refractivity contribution in [3.8, 4) is 0 Å². The predicted molar refractivity (Wildman–Crippen MR) is 43.0 cm³/mol. The van der Waals surface area contributed by atoms with Gasteiger partial charge in [-0.25, -0.2) is 0 Å². The molecule has 0 unspecified atom stereocenters. The third-order valence-corrected chi connectivity index (χ3v) is 1.26. The summed E-state index contributed by atoms with van der Waals surface area (Å²) >= 11 is 0. The number of aryl methyl sites for hydroxylation is 1. The number of nitrogens with zero attached hydrogens (tertiary/aromatic N) is 2. The zero-order valence-electron chi connectivity index (χ0n) is 6.66. The Balaban J connectivity index is 2.76. The first-order valence-electron chi connectivity index (χ1n) is 3.52. The highest BCUT2D eigenvalue weighted by Crippen LogP contribution is 1.88. The summed E-state index contributed by atoms with van der Waals surface area (Å²) < 4.78 is 0. The number of aromatic amines is 1. The third kappa shape index (κ3) is 2.03. The zero-order chi connectivity index (χ0) is 8.97. The lowest BCUT2D eigenvalue weighted by molar-refractivity contribution is 0.310. The van der Waals surface area contributed by atoms with E-state index in [2.05, 4.69) is 20.5 Å². The molecular weight excluding hydrogens is 160 g/mol. The van der Waals surface area contributed by atoms with Crippen LogP contribution in [0.2, 0.25) is 0 Å². The van der Waals surface area contributed by atoms with Crippen molar-refractivity contribution < 1.29 is 5.11 Å². The molecule has 0 aromatic carbocycles. The van der Waals surface area contributed by atoms with E-state index in [9.17, 15) is 4.79 Å². The Bertz CT molecular complexity index is 309. The summed E-state index contributed by atoms with van der Waals surface area (Å²) in [6.45, 7) is 1.90. The van der Waals surface area contributed by atoms with Gasteiger partial charge in [-0.2, -0.15) is 0 Å². The van der Waals surface area contributed by atoms with Gasteiger partial charge in [0, 0.05) is 6.54 Å². The molecule has 0 saturated carbocycles. The van der Waals surface area contributed by atoms with Crippen LogP contribution in [0.15, 0.2) is 4.79 Å². The lowest BCUT2D eigenvalue weighted by atomic mass is 10.5. The molecule has 6 nitrogen and oxygen atoms in total. The molecule has 12 heavy (non-hydrogen) atoms. The molecule has 0 aliphatic rings. The Kier molecular flexibility index (Phi) is 2.76. The molecule has 0 atom stereocenters. The lowest BCUT2D eigenvalue weighted by Gasteiger charge is -2.00. The molecule has 0 spiro atoms. The van der Waals surface area contributed by atoms with Crippen LogP contribution >= 0.6 is 0 Å². The smallest absolute Gasteiger partial charge is 0.273 e. The first kappa shape index (κ1) is 8.66. The van der Waals surface area contributed by atoms with Crippen LogP contribution < -0.4 is 10.9 Å². The summed E-state index contributed by atoms with van der Waals surface area (Å²) in [6, 6.07) is 0. The van der Waals surface area contributed by atoms with Crippen molar-refractivity contribution in [3.63, 3.8) is 0 Å². The van der Waals surface area contributed by atoms with Crippen molar-refractivity contribution in [1.29, 1.82) is 0 Å². The van der Waals surface area contributed by atoms with E-state index in [4.69, 9.17) is 5.11 Å². The second-order valence-electron chi connectivity index (χ2n) is 2.24. The van der Waals surface area contributed by atoms with E-state index in [1.165, 1.54) is 0 Å². The van der Waals surface area contributed by atoms with Gasteiger partial charge in [-0.15, -0.1) is 10.2 Å². The van der Waals surface area contributed by atoms with E-state index >= 15 is 0 Å². The topological polar surface area (TPSA) is 90.9 Å². The molecule has 0 bridgehead atoms. The summed E-state index contributed by atoms with van der Waals surface area (Å²) in [7, 11) is 0. The summed E-state index contributed by atoms with van der Waals surface area (Å²) in [5.74, 6) is 0.277. The van der Waals surface area contributed by atoms with Crippen LogP contribution in [-0.4, -0.2) is 33.4 Å². The third-order valence-electron chi connectivity index (χ3n) is 1.26. The highest BCUT2D eigenvalue weighted by Gasteiger charge is 1.97. The Morgan fingerprint density at radius 1 is 1.58 bits per heavy atom. The van der Waals surface area contributed by atoms with Gasteiger partial charge < -0.3 is 10.4 Å². The highest BCUT2D eigenvalue weighted by molar-refractivity contribution is 5.20. The predicted octanol–water partition coefficient (Wildman–Crippen LogP) is -1.12. The molecule has 6 heteroatoms. The van der Waals surface area contributed by atoms with Crippen LogP contribution in [0.25, 0.3) is 0 Å². The van der Waals surface area contributed by atoms with Gasteiger partial charge in [0.15, 0.2) is 0 Å². The molecule has 1 heterocycles. The van der Waals surface area contributed by atoms with Crippen LogP contribution in [0.1, 0.15) is 5.69 Å². The van der Waals surface area contributed by atoms with Gasteiger partial charge in [-0.05, 0) is 6.92 Å². The van der Waals surface area contributed by atoms with E-state index in [0.29, 0.717) is 12.2 Å². The van der Waals surface area contributed by atoms with Crippen molar-refractivity contribution in [2.75, 3.05) is 18.5 Å². The Morgan fingerprint density at radius 3 is 2.92 bits per heavy atom. The lowest BCUT2D eigenvalue weighted by Crippen LogP contribution is -2.18. The van der Waals surface area contributed by atoms with Crippen molar-refractivity contribution in [2.45, 2.75) is 6.92 Å². The Labute approximate surface area is 68.7 Å².